The molecule has 0 saturated carbocycles. The van der Waals surface area contributed by atoms with Crippen LogP contribution < -0.4 is 16.9 Å². The molecule has 2 aromatic rings. The van der Waals surface area contributed by atoms with Crippen molar-refractivity contribution in [3.63, 3.8) is 0 Å². The summed E-state index contributed by atoms with van der Waals surface area (Å²) in [5.74, 6) is -2.91. The second kappa shape index (κ2) is 13.5. The van der Waals surface area contributed by atoms with Crippen molar-refractivity contribution in [3.8, 4) is 0 Å². The number of benzene rings is 1. The molecule has 0 unspecified atom stereocenters. The number of nitrogens with zero attached hydrogens (tertiary/aromatic N) is 2. The zero-order valence-corrected chi connectivity index (χ0v) is 23.0. The number of fused-ring (bicyclic) bond motifs is 2. The number of aliphatic hydroxyl groups excluding tert-OH is 1. The molecule has 15 nitrogen and oxygen atoms in total. The molecule has 0 bridgehead atoms. The molecule has 0 spiro atoms. The number of nitrogens with one attached hydrogen (secondary N) is 1. The van der Waals surface area contributed by atoms with Gasteiger partial charge in [-0.1, -0.05) is 26.0 Å². The SMILES string of the molecule is CC(C)CC(=O)ONc1ccn([C@@H]2O[C@H](CCOC(=O)[C@H](N)CCO)[C@H]3OC(=O)c4ccccc4C(=O)O[C@H]32)c(=O)n1. The maximum atomic E-state index is 13.1. The highest BCUT2D eigenvalue weighted by Gasteiger charge is 2.52. The van der Waals surface area contributed by atoms with Gasteiger partial charge < -0.3 is 34.6 Å². The number of hydrogen-bond donors (Lipinski definition) is 3. The van der Waals surface area contributed by atoms with Gasteiger partial charge >= 0.3 is 29.6 Å². The first-order valence-electron chi connectivity index (χ1n) is 13.3. The van der Waals surface area contributed by atoms with Gasteiger partial charge in [0.1, 0.15) is 12.1 Å². The summed E-state index contributed by atoms with van der Waals surface area (Å²) in [5.41, 5.74) is 7.10. The van der Waals surface area contributed by atoms with E-state index in [2.05, 4.69) is 10.5 Å². The van der Waals surface area contributed by atoms with Gasteiger partial charge in [0, 0.05) is 25.3 Å². The molecule has 1 saturated heterocycles. The Kier molecular flexibility index (Phi) is 9.88. The van der Waals surface area contributed by atoms with Crippen LogP contribution in [0.15, 0.2) is 41.3 Å². The van der Waals surface area contributed by atoms with Gasteiger partial charge in [-0.25, -0.2) is 24.7 Å². The number of carbonyl (C=O) groups excluding carboxylic acids is 4. The number of carbonyl (C=O) groups is 4. The number of ether oxygens (including phenoxy) is 4. The van der Waals surface area contributed by atoms with Crippen molar-refractivity contribution in [2.75, 3.05) is 18.7 Å². The molecule has 1 fully saturated rings. The van der Waals surface area contributed by atoms with Gasteiger partial charge in [0.25, 0.3) is 0 Å². The number of anilines is 1. The number of aromatic nitrogens is 2. The normalized spacial score (nSPS) is 22.1. The predicted molar refractivity (Wildman–Crippen MR) is 142 cm³/mol. The number of nitrogens with two attached hydrogens (primary N) is 1. The van der Waals surface area contributed by atoms with Crippen molar-refractivity contribution in [2.45, 2.75) is 63.7 Å². The Balaban J connectivity index is 1.57. The van der Waals surface area contributed by atoms with E-state index >= 15 is 0 Å². The van der Waals surface area contributed by atoms with Crippen LogP contribution >= 0.6 is 0 Å². The summed E-state index contributed by atoms with van der Waals surface area (Å²) in [6.45, 7) is 3.18. The molecule has 1 aromatic heterocycles. The molecule has 4 rings (SSSR count). The minimum atomic E-state index is -1.29. The number of hydrogen-bond acceptors (Lipinski definition) is 14. The molecule has 2 aliphatic rings. The van der Waals surface area contributed by atoms with Gasteiger partial charge in [-0.3, -0.25) is 9.36 Å². The van der Waals surface area contributed by atoms with Gasteiger partial charge in [0.05, 0.1) is 24.2 Å². The molecular weight excluding hydrogens is 556 g/mol. The lowest BCUT2D eigenvalue weighted by atomic mass is 10.0. The van der Waals surface area contributed by atoms with Crippen LogP contribution in [0, 0.1) is 5.92 Å². The Morgan fingerprint density at radius 3 is 2.38 bits per heavy atom. The topological polar surface area (TPSA) is 208 Å². The monoisotopic (exact) mass is 588 g/mol. The first-order valence-corrected chi connectivity index (χ1v) is 13.3. The number of rotatable bonds is 11. The van der Waals surface area contributed by atoms with Crippen LogP contribution in [0.4, 0.5) is 5.82 Å². The summed E-state index contributed by atoms with van der Waals surface area (Å²) in [4.78, 5) is 71.8. The third kappa shape index (κ3) is 7.10. The number of esters is 3. The quantitative estimate of drug-likeness (QED) is 0.185. The second-order valence-corrected chi connectivity index (χ2v) is 10.1. The molecule has 3 heterocycles. The van der Waals surface area contributed by atoms with Gasteiger partial charge in [0.2, 0.25) is 0 Å². The smallest absolute Gasteiger partial charge is 0.351 e. The van der Waals surface area contributed by atoms with E-state index in [1.165, 1.54) is 24.4 Å². The lowest BCUT2D eigenvalue weighted by Crippen LogP contribution is -2.43. The zero-order chi connectivity index (χ0) is 30.4. The zero-order valence-electron chi connectivity index (χ0n) is 23.0. The average Bonchev–Trinajstić information content (AvgIpc) is 3.26. The number of aliphatic hydroxyl groups is 1. The summed E-state index contributed by atoms with van der Waals surface area (Å²) in [7, 11) is 0. The van der Waals surface area contributed by atoms with E-state index in [1.807, 2.05) is 13.8 Å². The predicted octanol–water partition coefficient (Wildman–Crippen LogP) is 0.465. The third-order valence-electron chi connectivity index (χ3n) is 6.48. The summed E-state index contributed by atoms with van der Waals surface area (Å²) >= 11 is 0. The summed E-state index contributed by atoms with van der Waals surface area (Å²) < 4.78 is 23.7. The van der Waals surface area contributed by atoms with Crippen molar-refractivity contribution in [1.29, 1.82) is 0 Å². The highest BCUT2D eigenvalue weighted by molar-refractivity contribution is 6.03. The van der Waals surface area contributed by atoms with Crippen LogP contribution in [-0.4, -0.2) is 76.1 Å². The molecule has 42 heavy (non-hydrogen) atoms. The summed E-state index contributed by atoms with van der Waals surface area (Å²) in [6.07, 6.45) is -3.31. The first kappa shape index (κ1) is 30.6. The molecule has 1 aromatic carbocycles. The van der Waals surface area contributed by atoms with E-state index in [9.17, 15) is 24.0 Å². The Hall–Kier alpha value is -4.34. The maximum Gasteiger partial charge on any atom is 0.351 e. The van der Waals surface area contributed by atoms with Crippen molar-refractivity contribution >= 4 is 29.7 Å². The molecular formula is C27H32N4O11. The Morgan fingerprint density at radius 2 is 1.76 bits per heavy atom. The molecule has 226 valence electrons. The fourth-order valence-corrected chi connectivity index (χ4v) is 4.43. The van der Waals surface area contributed by atoms with Crippen LogP contribution in [0.25, 0.3) is 0 Å². The highest BCUT2D eigenvalue weighted by atomic mass is 16.7. The molecule has 0 amide bonds. The van der Waals surface area contributed by atoms with Crippen molar-refractivity contribution < 1.29 is 48.1 Å². The molecule has 0 radical (unpaired) electrons. The van der Waals surface area contributed by atoms with Crippen LogP contribution in [-0.2, 0) is 33.4 Å². The third-order valence-corrected chi connectivity index (χ3v) is 6.48. The minimum Gasteiger partial charge on any atom is -0.464 e. The van der Waals surface area contributed by atoms with E-state index < -0.39 is 60.1 Å². The van der Waals surface area contributed by atoms with E-state index in [4.69, 9.17) is 34.6 Å². The first-order chi connectivity index (χ1) is 20.1. The van der Waals surface area contributed by atoms with Crippen LogP contribution in [0.2, 0.25) is 0 Å². The molecule has 4 N–H and O–H groups in total. The lowest BCUT2D eigenvalue weighted by molar-refractivity contribution is -0.147. The Morgan fingerprint density at radius 1 is 1.10 bits per heavy atom. The Labute approximate surface area is 239 Å². The second-order valence-electron chi connectivity index (χ2n) is 10.1. The van der Waals surface area contributed by atoms with E-state index in [1.54, 1.807) is 12.1 Å². The molecule has 5 atom stereocenters. The summed E-state index contributed by atoms with van der Waals surface area (Å²) in [6, 6.07) is 6.26. The van der Waals surface area contributed by atoms with Gasteiger partial charge in [-0.05, 0) is 24.5 Å². The largest absolute Gasteiger partial charge is 0.464 e. The minimum absolute atomic E-state index is 0.00849. The van der Waals surface area contributed by atoms with Gasteiger partial charge in [0.15, 0.2) is 24.3 Å². The van der Waals surface area contributed by atoms with Gasteiger partial charge in [-0.15, -0.1) is 0 Å². The molecule has 0 aliphatic carbocycles. The Bertz CT molecular complexity index is 1380. The highest BCUT2D eigenvalue weighted by Crippen LogP contribution is 2.37. The van der Waals surface area contributed by atoms with E-state index in [-0.39, 0.29) is 55.3 Å². The van der Waals surface area contributed by atoms with Crippen LogP contribution in [0.1, 0.15) is 60.1 Å². The molecule has 15 heteroatoms. The summed E-state index contributed by atoms with van der Waals surface area (Å²) in [5, 5.41) is 8.98. The van der Waals surface area contributed by atoms with E-state index in [0.29, 0.717) is 0 Å². The molecule has 2 aliphatic heterocycles. The lowest BCUT2D eigenvalue weighted by Gasteiger charge is -2.27. The average molecular weight is 589 g/mol. The van der Waals surface area contributed by atoms with Crippen molar-refractivity contribution in [2.24, 2.45) is 11.7 Å². The van der Waals surface area contributed by atoms with Crippen LogP contribution in [0.3, 0.4) is 0 Å². The standard InChI is InChI=1S/C27H32N4O11/c1-14(2)13-20(33)42-30-19-7-10-31(27(37)29-19)23-22-21(18(39-23)9-12-38-26(36)17(28)8-11-32)40-24(34)15-5-3-4-6-16(15)25(35)41-22/h3-7,10,14,17-18,21-23,32H,8-9,11-13,28H2,1-2H3,(H,29,30,37)/t17-,18-,21-,22-,23-/m1/s1. The maximum absolute atomic E-state index is 13.1. The van der Waals surface area contributed by atoms with Crippen LogP contribution in [0.5, 0.6) is 0 Å². The van der Waals surface area contributed by atoms with Crippen molar-refractivity contribution in [3.05, 3.63) is 58.1 Å². The fraction of sp³-hybridized carbons (Fsp3) is 0.481. The van der Waals surface area contributed by atoms with Gasteiger partial charge in [-0.2, -0.15) is 4.98 Å². The fourth-order valence-electron chi connectivity index (χ4n) is 4.43. The van der Waals surface area contributed by atoms with E-state index in [0.717, 1.165) is 4.57 Å². The van der Waals surface area contributed by atoms with Crippen molar-refractivity contribution in [1.82, 2.24) is 9.55 Å².